The predicted molar refractivity (Wildman–Crippen MR) is 66.7 cm³/mol. The highest BCUT2D eigenvalue weighted by molar-refractivity contribution is 5.40. The summed E-state index contributed by atoms with van der Waals surface area (Å²) in [7, 11) is 0. The van der Waals surface area contributed by atoms with Gasteiger partial charge in [0.05, 0.1) is 4.92 Å². The minimum Gasteiger partial charge on any atom is -0.312 e. The molecule has 0 radical (unpaired) electrons. The van der Waals surface area contributed by atoms with Crippen LogP contribution in [0.5, 0.6) is 0 Å². The molecule has 0 spiro atoms. The Balaban J connectivity index is 1.99. The van der Waals surface area contributed by atoms with Crippen LogP contribution in [0.2, 0.25) is 0 Å². The monoisotopic (exact) mass is 252 g/mol. The van der Waals surface area contributed by atoms with Gasteiger partial charge in [-0.2, -0.15) is 0 Å². The Morgan fingerprint density at radius 1 is 1.50 bits per heavy atom. The van der Waals surface area contributed by atoms with Gasteiger partial charge in [0.15, 0.2) is 0 Å². The summed E-state index contributed by atoms with van der Waals surface area (Å²) in [5.41, 5.74) is 0.688. The van der Waals surface area contributed by atoms with Gasteiger partial charge < -0.3 is 5.32 Å². The summed E-state index contributed by atoms with van der Waals surface area (Å²) in [5.74, 6) is -0.438. The van der Waals surface area contributed by atoms with Crippen LogP contribution in [0.25, 0.3) is 0 Å². The molecule has 18 heavy (non-hydrogen) atoms. The van der Waals surface area contributed by atoms with Crippen molar-refractivity contribution < 1.29 is 9.31 Å². The second-order valence-electron chi connectivity index (χ2n) is 5.30. The van der Waals surface area contributed by atoms with Gasteiger partial charge in [0.2, 0.25) is 0 Å². The van der Waals surface area contributed by atoms with Crippen molar-refractivity contribution in [2.24, 2.45) is 5.41 Å². The molecule has 0 saturated heterocycles. The molecule has 1 aliphatic rings. The summed E-state index contributed by atoms with van der Waals surface area (Å²) in [4.78, 5) is 10.3. The third-order valence-electron chi connectivity index (χ3n) is 3.67. The topological polar surface area (TPSA) is 55.2 Å². The zero-order valence-electron chi connectivity index (χ0n) is 10.4. The van der Waals surface area contributed by atoms with Gasteiger partial charge in [0.25, 0.3) is 5.69 Å². The minimum atomic E-state index is -0.471. The number of rotatable bonds is 5. The van der Waals surface area contributed by atoms with Gasteiger partial charge in [-0.3, -0.25) is 10.1 Å². The molecule has 0 aromatic heterocycles. The molecule has 1 saturated carbocycles. The average molecular weight is 252 g/mol. The van der Waals surface area contributed by atoms with Crippen LogP contribution in [0.1, 0.15) is 31.7 Å². The van der Waals surface area contributed by atoms with Crippen molar-refractivity contribution in [3.05, 3.63) is 39.7 Å². The maximum atomic E-state index is 13.1. The molecule has 0 heterocycles. The van der Waals surface area contributed by atoms with Crippen LogP contribution in [0.4, 0.5) is 10.1 Å². The van der Waals surface area contributed by atoms with Gasteiger partial charge in [-0.1, -0.05) is 13.3 Å². The first kappa shape index (κ1) is 13.0. The summed E-state index contributed by atoms with van der Waals surface area (Å²) in [6.45, 7) is 3.35. The number of nitro groups is 1. The average Bonchev–Trinajstić information content (AvgIpc) is 2.26. The molecule has 1 aliphatic carbocycles. The van der Waals surface area contributed by atoms with Gasteiger partial charge in [-0.05, 0) is 30.4 Å². The molecule has 98 valence electrons. The van der Waals surface area contributed by atoms with Crippen LogP contribution < -0.4 is 5.32 Å². The molecule has 4 nitrogen and oxygen atoms in total. The number of halogens is 1. The molecule has 0 unspecified atom stereocenters. The van der Waals surface area contributed by atoms with E-state index < -0.39 is 10.7 Å². The molecule has 2 rings (SSSR count). The summed E-state index contributed by atoms with van der Waals surface area (Å²) in [6.07, 6.45) is 3.62. The normalized spacial score (nSPS) is 17.2. The number of benzene rings is 1. The van der Waals surface area contributed by atoms with Crippen molar-refractivity contribution in [3.8, 4) is 0 Å². The van der Waals surface area contributed by atoms with E-state index in [9.17, 15) is 14.5 Å². The van der Waals surface area contributed by atoms with Crippen LogP contribution in [0, 0.1) is 21.3 Å². The quantitative estimate of drug-likeness (QED) is 0.647. The number of nitrogens with zero attached hydrogens (tertiary/aromatic N) is 1. The molecule has 0 amide bonds. The number of nitro benzene ring substituents is 1. The molecule has 0 aliphatic heterocycles. The number of hydrogen-bond acceptors (Lipinski definition) is 3. The van der Waals surface area contributed by atoms with Gasteiger partial charge in [0, 0.05) is 24.7 Å². The molecule has 1 aromatic rings. The van der Waals surface area contributed by atoms with E-state index >= 15 is 0 Å². The fourth-order valence-electron chi connectivity index (χ4n) is 2.33. The van der Waals surface area contributed by atoms with E-state index in [0.29, 0.717) is 17.5 Å². The largest absolute Gasteiger partial charge is 0.312 e. The Labute approximate surface area is 105 Å². The molecule has 0 bridgehead atoms. The first-order valence-electron chi connectivity index (χ1n) is 6.14. The van der Waals surface area contributed by atoms with Crippen molar-refractivity contribution in [1.29, 1.82) is 0 Å². The van der Waals surface area contributed by atoms with Crippen LogP contribution >= 0.6 is 0 Å². The van der Waals surface area contributed by atoms with E-state index in [1.165, 1.54) is 31.4 Å². The maximum Gasteiger partial charge on any atom is 0.274 e. The molecule has 1 aromatic carbocycles. The van der Waals surface area contributed by atoms with E-state index in [1.54, 1.807) is 0 Å². The lowest BCUT2D eigenvalue weighted by Gasteiger charge is -2.38. The summed E-state index contributed by atoms with van der Waals surface area (Å²) < 4.78 is 13.1. The van der Waals surface area contributed by atoms with Crippen molar-refractivity contribution in [3.63, 3.8) is 0 Å². The molecule has 5 heteroatoms. The highest BCUT2D eigenvalue weighted by atomic mass is 19.1. The second-order valence-corrected chi connectivity index (χ2v) is 5.30. The van der Waals surface area contributed by atoms with Gasteiger partial charge in [-0.15, -0.1) is 0 Å². The Bertz CT molecular complexity index is 458. The van der Waals surface area contributed by atoms with Crippen molar-refractivity contribution in [1.82, 2.24) is 5.32 Å². The predicted octanol–water partition coefficient (Wildman–Crippen LogP) is 3.01. The fraction of sp³-hybridized carbons (Fsp3) is 0.538. The van der Waals surface area contributed by atoms with Gasteiger partial charge in [0.1, 0.15) is 5.82 Å². The number of nitrogens with one attached hydrogen (secondary N) is 1. The van der Waals surface area contributed by atoms with E-state index in [-0.39, 0.29) is 5.69 Å². The lowest BCUT2D eigenvalue weighted by molar-refractivity contribution is -0.385. The van der Waals surface area contributed by atoms with Crippen LogP contribution in [0.15, 0.2) is 18.2 Å². The number of hydrogen-bond donors (Lipinski definition) is 1. The van der Waals surface area contributed by atoms with Crippen molar-refractivity contribution >= 4 is 5.69 Å². The van der Waals surface area contributed by atoms with Gasteiger partial charge >= 0.3 is 0 Å². The van der Waals surface area contributed by atoms with Crippen molar-refractivity contribution in [2.45, 2.75) is 32.7 Å². The lowest BCUT2D eigenvalue weighted by Crippen LogP contribution is -2.37. The summed E-state index contributed by atoms with van der Waals surface area (Å²) >= 11 is 0. The highest BCUT2D eigenvalue weighted by Gasteiger charge is 2.31. The Kier molecular flexibility index (Phi) is 3.61. The second kappa shape index (κ2) is 5.02. The highest BCUT2D eigenvalue weighted by Crippen LogP contribution is 2.39. The minimum absolute atomic E-state index is 0.0253. The van der Waals surface area contributed by atoms with E-state index in [4.69, 9.17) is 0 Å². The Hall–Kier alpha value is -1.49. The zero-order chi connectivity index (χ0) is 13.2. The van der Waals surface area contributed by atoms with E-state index in [2.05, 4.69) is 12.2 Å². The van der Waals surface area contributed by atoms with Crippen LogP contribution in [-0.4, -0.2) is 11.5 Å². The lowest BCUT2D eigenvalue weighted by atomic mass is 9.70. The third kappa shape index (κ3) is 2.85. The Morgan fingerprint density at radius 3 is 2.78 bits per heavy atom. The SMILES string of the molecule is CC1(CNCc2cc(F)ccc2[N+](=O)[O-])CCC1. The summed E-state index contributed by atoms with van der Waals surface area (Å²) in [6, 6.07) is 3.57. The Morgan fingerprint density at radius 2 is 2.22 bits per heavy atom. The third-order valence-corrected chi connectivity index (χ3v) is 3.67. The smallest absolute Gasteiger partial charge is 0.274 e. The standard InChI is InChI=1S/C13H17FN2O2/c1-13(5-2-6-13)9-15-8-10-7-11(14)3-4-12(10)16(17)18/h3-4,7,15H,2,5-6,8-9H2,1H3. The molecular formula is C13H17FN2O2. The van der Waals surface area contributed by atoms with Crippen LogP contribution in [-0.2, 0) is 6.54 Å². The molecule has 1 fully saturated rings. The van der Waals surface area contributed by atoms with Crippen LogP contribution in [0.3, 0.4) is 0 Å². The molecule has 0 atom stereocenters. The van der Waals surface area contributed by atoms with Crippen molar-refractivity contribution in [2.75, 3.05) is 6.54 Å². The maximum absolute atomic E-state index is 13.1. The van der Waals surface area contributed by atoms with E-state index in [1.807, 2.05) is 0 Å². The van der Waals surface area contributed by atoms with Gasteiger partial charge in [-0.25, -0.2) is 4.39 Å². The fourth-order valence-corrected chi connectivity index (χ4v) is 2.33. The van der Waals surface area contributed by atoms with E-state index in [0.717, 1.165) is 12.6 Å². The first-order valence-corrected chi connectivity index (χ1v) is 6.14. The molecule has 1 N–H and O–H groups in total. The zero-order valence-corrected chi connectivity index (χ0v) is 10.4. The summed E-state index contributed by atoms with van der Waals surface area (Å²) in [5, 5.41) is 14.0. The molecular weight excluding hydrogens is 235 g/mol. The first-order chi connectivity index (χ1) is 8.50.